The fourth-order valence-corrected chi connectivity index (χ4v) is 8.88. The van der Waals surface area contributed by atoms with Gasteiger partial charge in [-0.25, -0.2) is 19.2 Å². The van der Waals surface area contributed by atoms with Crippen LogP contribution in [0.25, 0.3) is 44.7 Å². The van der Waals surface area contributed by atoms with E-state index in [4.69, 9.17) is 27.8 Å². The fourth-order valence-electron chi connectivity index (χ4n) is 8.88. The molecular formula is C56H63BN8O12. The highest BCUT2D eigenvalue weighted by molar-refractivity contribution is 6.59. The first kappa shape index (κ1) is 55.0. The van der Waals surface area contributed by atoms with E-state index in [1.54, 1.807) is 55.0 Å². The zero-order valence-electron chi connectivity index (χ0n) is 44.4. The second-order valence-electron chi connectivity index (χ2n) is 20.1. The summed E-state index contributed by atoms with van der Waals surface area (Å²) in [4.78, 5) is 54.1. The standard InChI is InChI=1S/C27H29BN4O7.C27H28N4O5.C2H6/c1-27(2,3)39-26(34)32-20-12-11-18(14-19(20)15-22(32)28(35)36)23-29-30-24(38-23)21-10-7-13-31(21)25(33)37-16-17-8-5-4-6-9-17;1-27(2,3)36-26(33)31-15-13-19-16-20(11-12-21(19)31)23-28-29-24(35-23)22-10-7-14-30(22)25(32)34-17-18-8-5-4-6-9-18;1-2/h4-6,8-9,11-12,14-15,21,35-36H,7,10,13,16H2,1-3H3;4-6,8-9,11-13,15-16,22H,7,10,14,17H2,1-3H3;1-2H3/t21-;22-;/m00./s1. The Morgan fingerprint density at radius 2 is 1.05 bits per heavy atom. The van der Waals surface area contributed by atoms with Crippen molar-refractivity contribution in [3.8, 4) is 22.9 Å². The molecule has 4 aromatic heterocycles. The van der Waals surface area contributed by atoms with Gasteiger partial charge in [-0.3, -0.25) is 18.9 Å². The molecule has 2 aliphatic heterocycles. The van der Waals surface area contributed by atoms with Crippen molar-refractivity contribution in [1.29, 1.82) is 0 Å². The third-order valence-corrected chi connectivity index (χ3v) is 12.3. The first-order chi connectivity index (χ1) is 36.9. The summed E-state index contributed by atoms with van der Waals surface area (Å²) >= 11 is 0. The lowest BCUT2D eigenvalue weighted by molar-refractivity contribution is 0.0534. The molecule has 20 nitrogen and oxygen atoms in total. The average molecular weight is 1050 g/mol. The average Bonchev–Trinajstić information content (AvgIpc) is 4.35. The number of ether oxygens (including phenoxy) is 4. The van der Waals surface area contributed by atoms with E-state index in [0.29, 0.717) is 53.6 Å². The van der Waals surface area contributed by atoms with E-state index in [1.807, 2.05) is 120 Å². The van der Waals surface area contributed by atoms with Gasteiger partial charge in [0.1, 0.15) is 36.5 Å². The van der Waals surface area contributed by atoms with Gasteiger partial charge >= 0.3 is 31.5 Å². The van der Waals surface area contributed by atoms with Gasteiger partial charge in [0.05, 0.1) is 16.6 Å². The topological polar surface area (TPSA) is 240 Å². The minimum atomic E-state index is -1.89. The van der Waals surface area contributed by atoms with Crippen LogP contribution in [0.4, 0.5) is 19.2 Å². The van der Waals surface area contributed by atoms with Crippen LogP contribution in [0.3, 0.4) is 0 Å². The number of amides is 2. The molecule has 402 valence electrons. The van der Waals surface area contributed by atoms with Gasteiger partial charge in [0.15, 0.2) is 0 Å². The van der Waals surface area contributed by atoms with Crippen molar-refractivity contribution in [2.45, 2.75) is 118 Å². The Kier molecular flexibility index (Phi) is 16.9. The molecule has 0 bridgehead atoms. The molecule has 8 aromatic rings. The summed E-state index contributed by atoms with van der Waals surface area (Å²) in [6, 6.07) is 32.2. The monoisotopic (exact) mass is 1050 g/mol. The summed E-state index contributed by atoms with van der Waals surface area (Å²) in [5.74, 6) is 1.26. The first-order valence-corrected chi connectivity index (χ1v) is 25.6. The minimum absolute atomic E-state index is 0.0294. The molecular weight excluding hydrogens is 987 g/mol. The van der Waals surface area contributed by atoms with Gasteiger partial charge in [-0.15, -0.1) is 20.4 Å². The zero-order chi connectivity index (χ0) is 55.0. The van der Waals surface area contributed by atoms with Crippen LogP contribution in [0.2, 0.25) is 0 Å². The molecule has 0 saturated carbocycles. The van der Waals surface area contributed by atoms with E-state index in [1.165, 1.54) is 10.6 Å². The third-order valence-electron chi connectivity index (χ3n) is 12.3. The number of likely N-dealkylation sites (tertiary alicyclic amines) is 2. The Morgan fingerprint density at radius 3 is 1.53 bits per heavy atom. The molecule has 0 spiro atoms. The second kappa shape index (κ2) is 23.7. The maximum Gasteiger partial charge on any atom is 0.506 e. The summed E-state index contributed by atoms with van der Waals surface area (Å²) in [7, 11) is -1.89. The van der Waals surface area contributed by atoms with Gasteiger partial charge < -0.3 is 37.8 Å². The summed E-state index contributed by atoms with van der Waals surface area (Å²) in [6.07, 6.45) is 2.66. The summed E-state index contributed by atoms with van der Waals surface area (Å²) < 4.78 is 36.5. The van der Waals surface area contributed by atoms with Crippen LogP contribution in [0.15, 0.2) is 124 Å². The van der Waals surface area contributed by atoms with Crippen molar-refractivity contribution in [2.24, 2.45) is 0 Å². The first-order valence-electron chi connectivity index (χ1n) is 25.6. The van der Waals surface area contributed by atoms with Crippen LogP contribution in [-0.4, -0.2) is 105 Å². The summed E-state index contributed by atoms with van der Waals surface area (Å²) in [6.45, 7) is 16.1. The molecule has 2 amide bonds. The molecule has 6 heterocycles. The van der Waals surface area contributed by atoms with E-state index in [2.05, 4.69) is 20.4 Å². The van der Waals surface area contributed by atoms with E-state index in [0.717, 1.165) is 51.4 Å². The molecule has 2 fully saturated rings. The number of aromatic nitrogens is 6. The van der Waals surface area contributed by atoms with Crippen molar-refractivity contribution in [2.75, 3.05) is 13.1 Å². The Labute approximate surface area is 445 Å². The van der Waals surface area contributed by atoms with Gasteiger partial charge in [-0.1, -0.05) is 74.5 Å². The Bertz CT molecular complexity index is 3320. The van der Waals surface area contributed by atoms with Crippen molar-refractivity contribution in [3.63, 3.8) is 0 Å². The molecule has 2 N–H and O–H groups in total. The normalized spacial score (nSPS) is 15.4. The Morgan fingerprint density at radius 1 is 0.584 bits per heavy atom. The number of fused-ring (bicyclic) bond motifs is 2. The van der Waals surface area contributed by atoms with Gasteiger partial charge in [0.25, 0.3) is 0 Å². The number of benzene rings is 4. The molecule has 0 radical (unpaired) electrons. The largest absolute Gasteiger partial charge is 0.506 e. The van der Waals surface area contributed by atoms with Crippen LogP contribution in [0.1, 0.15) is 116 Å². The molecule has 4 aromatic carbocycles. The predicted molar refractivity (Wildman–Crippen MR) is 286 cm³/mol. The third kappa shape index (κ3) is 13.2. The van der Waals surface area contributed by atoms with Crippen LogP contribution in [-0.2, 0) is 32.2 Å². The molecule has 2 aliphatic rings. The lowest BCUT2D eigenvalue weighted by Gasteiger charge is -2.21. The number of hydrogen-bond donors (Lipinski definition) is 2. The lowest BCUT2D eigenvalue weighted by atomic mass is 9.86. The molecule has 21 heteroatoms. The van der Waals surface area contributed by atoms with E-state index in [9.17, 15) is 29.2 Å². The Hall–Kier alpha value is -8.30. The number of rotatable bonds is 9. The van der Waals surface area contributed by atoms with Crippen LogP contribution in [0, 0.1) is 0 Å². The van der Waals surface area contributed by atoms with E-state index < -0.39 is 48.7 Å². The van der Waals surface area contributed by atoms with Crippen molar-refractivity contribution in [3.05, 3.63) is 138 Å². The maximum atomic E-state index is 12.8. The zero-order valence-corrected chi connectivity index (χ0v) is 44.4. The van der Waals surface area contributed by atoms with Crippen molar-refractivity contribution in [1.82, 2.24) is 39.3 Å². The quantitative estimate of drug-likeness (QED) is 0.101. The van der Waals surface area contributed by atoms with Gasteiger partial charge in [-0.2, -0.15) is 0 Å². The van der Waals surface area contributed by atoms with Crippen molar-refractivity contribution >= 4 is 58.9 Å². The van der Waals surface area contributed by atoms with Crippen LogP contribution >= 0.6 is 0 Å². The molecule has 0 unspecified atom stereocenters. The molecule has 2 saturated heterocycles. The summed E-state index contributed by atoms with van der Waals surface area (Å²) in [5.41, 5.74) is 2.88. The van der Waals surface area contributed by atoms with Crippen LogP contribution in [0.5, 0.6) is 0 Å². The second-order valence-corrected chi connectivity index (χ2v) is 20.1. The lowest BCUT2D eigenvalue weighted by Crippen LogP contribution is -2.40. The number of carbonyl (C=O) groups is 4. The molecule has 10 rings (SSSR count). The molecule has 2 atom stereocenters. The van der Waals surface area contributed by atoms with Crippen molar-refractivity contribution < 1.29 is 57.0 Å². The molecule has 77 heavy (non-hydrogen) atoms. The van der Waals surface area contributed by atoms with Gasteiger partial charge in [0, 0.05) is 41.2 Å². The Balaban J connectivity index is 0.000000198. The van der Waals surface area contributed by atoms with Gasteiger partial charge in [-0.05, 0) is 127 Å². The number of carbonyl (C=O) groups excluding carboxylic acids is 4. The highest BCUT2D eigenvalue weighted by Gasteiger charge is 2.37. The summed E-state index contributed by atoms with van der Waals surface area (Å²) in [5, 5.41) is 38.0. The van der Waals surface area contributed by atoms with Crippen LogP contribution < -0.4 is 5.59 Å². The maximum absolute atomic E-state index is 12.8. The highest BCUT2D eigenvalue weighted by Crippen LogP contribution is 2.36. The predicted octanol–water partition coefficient (Wildman–Crippen LogP) is 10.6. The van der Waals surface area contributed by atoms with Gasteiger partial charge in [0.2, 0.25) is 23.6 Å². The smallest absolute Gasteiger partial charge is 0.445 e. The number of nitrogens with zero attached hydrogens (tertiary/aromatic N) is 8. The SMILES string of the molecule is CC.CC(C)(C)OC(=O)n1c(B(O)O)cc2cc(-c3nnc([C@@H]4CCCN4C(=O)OCc4ccccc4)o3)ccc21.CC(C)(C)OC(=O)n1ccc2cc(-c3nnc([C@@H]4CCCN4C(=O)OCc4ccccc4)o3)ccc21. The number of hydrogen-bond acceptors (Lipinski definition) is 16. The van der Waals surface area contributed by atoms with E-state index in [-0.39, 0.29) is 30.7 Å². The molecule has 0 aliphatic carbocycles. The highest BCUT2D eigenvalue weighted by atomic mass is 16.6. The fraction of sp³-hybridized carbons (Fsp3) is 0.357. The minimum Gasteiger partial charge on any atom is -0.445 e. The van der Waals surface area contributed by atoms with E-state index >= 15 is 0 Å².